The van der Waals surface area contributed by atoms with Crippen molar-refractivity contribution in [2.75, 3.05) is 5.75 Å². The lowest BCUT2D eigenvalue weighted by Gasteiger charge is -2.10. The molecule has 0 rings (SSSR count). The van der Waals surface area contributed by atoms with Crippen molar-refractivity contribution < 1.29 is 14.4 Å². The maximum atomic E-state index is 11.4. The monoisotopic (exact) mass is 245 g/mol. The molecule has 0 bridgehead atoms. The minimum absolute atomic E-state index is 0.0990. The van der Waals surface area contributed by atoms with Crippen LogP contribution in [0.1, 0.15) is 26.2 Å². The van der Waals surface area contributed by atoms with E-state index in [1.807, 2.05) is 0 Å². The molecule has 0 heterocycles. The average Bonchev–Trinajstić information content (AvgIpc) is 2.25. The normalized spacial score (nSPS) is 14.2. The minimum atomic E-state index is -0.603. The van der Waals surface area contributed by atoms with E-state index in [1.54, 1.807) is 6.29 Å². The van der Waals surface area contributed by atoms with Gasteiger partial charge in [0.1, 0.15) is 0 Å². The van der Waals surface area contributed by atoms with Gasteiger partial charge in [0.05, 0.1) is 17.8 Å². The predicted molar refractivity (Wildman–Crippen MR) is 63.6 cm³/mol. The van der Waals surface area contributed by atoms with Crippen molar-refractivity contribution in [3.8, 4) is 0 Å². The summed E-state index contributed by atoms with van der Waals surface area (Å²) in [6.07, 6.45) is 3.22. The zero-order chi connectivity index (χ0) is 12.6. The van der Waals surface area contributed by atoms with Crippen LogP contribution >= 0.6 is 11.8 Å². The zero-order valence-corrected chi connectivity index (χ0v) is 10.1. The highest BCUT2D eigenvalue weighted by atomic mass is 32.2. The molecule has 16 heavy (non-hydrogen) atoms. The molecule has 2 atom stereocenters. The van der Waals surface area contributed by atoms with E-state index in [2.05, 4.69) is 0 Å². The van der Waals surface area contributed by atoms with Crippen LogP contribution in [0.15, 0.2) is 0 Å². The number of carbonyl (C=O) groups excluding carboxylic acids is 3. The summed E-state index contributed by atoms with van der Waals surface area (Å²) in [5.41, 5.74) is 11.0. The Balaban J connectivity index is 3.70. The summed E-state index contributed by atoms with van der Waals surface area (Å²) in [4.78, 5) is 32.1. The Morgan fingerprint density at radius 1 is 1.31 bits per heavy atom. The lowest BCUT2D eigenvalue weighted by molar-refractivity contribution is -0.118. The number of carbonyl (C=O) groups is 2. The van der Waals surface area contributed by atoms with Crippen molar-refractivity contribution >= 4 is 28.9 Å². The quantitative estimate of drug-likeness (QED) is 0.612. The summed E-state index contributed by atoms with van der Waals surface area (Å²) < 4.78 is 0. The molecule has 0 aliphatic carbocycles. The van der Waals surface area contributed by atoms with Crippen LogP contribution < -0.4 is 11.5 Å². The van der Waals surface area contributed by atoms with Gasteiger partial charge in [0.25, 0.3) is 0 Å². The van der Waals surface area contributed by atoms with Crippen molar-refractivity contribution in [1.29, 1.82) is 0 Å². The highest BCUT2D eigenvalue weighted by Crippen LogP contribution is 2.06. The molecular formula is C10H17N2O3S. The Morgan fingerprint density at radius 3 is 2.44 bits per heavy atom. The molecule has 6 heteroatoms. The Kier molecular flexibility index (Phi) is 8.05. The molecule has 0 fully saturated rings. The molecule has 1 radical (unpaired) electrons. The molecule has 0 aromatic rings. The fourth-order valence-corrected chi connectivity index (χ4v) is 1.62. The van der Waals surface area contributed by atoms with Crippen LogP contribution in [0.4, 0.5) is 0 Å². The van der Waals surface area contributed by atoms with Crippen LogP contribution in [0.3, 0.4) is 0 Å². The summed E-state index contributed by atoms with van der Waals surface area (Å²) in [6.45, 7) is 1.41. The van der Waals surface area contributed by atoms with E-state index in [0.717, 1.165) is 11.8 Å². The third-order valence-electron chi connectivity index (χ3n) is 2.01. The number of nitrogens with two attached hydrogens (primary N) is 2. The first-order valence-electron chi connectivity index (χ1n) is 5.02. The van der Waals surface area contributed by atoms with Gasteiger partial charge in [-0.1, -0.05) is 11.8 Å². The first-order chi connectivity index (χ1) is 7.47. The van der Waals surface area contributed by atoms with Crippen molar-refractivity contribution in [1.82, 2.24) is 0 Å². The Morgan fingerprint density at radius 2 is 1.94 bits per heavy atom. The third kappa shape index (κ3) is 7.56. The maximum Gasteiger partial charge on any atom is 0.216 e. The van der Waals surface area contributed by atoms with Crippen LogP contribution in [0, 0.1) is 0 Å². The highest BCUT2D eigenvalue weighted by Gasteiger charge is 2.14. The second-order valence-electron chi connectivity index (χ2n) is 3.51. The molecule has 4 N–H and O–H groups in total. The van der Waals surface area contributed by atoms with Gasteiger partial charge in [0.2, 0.25) is 6.29 Å². The smallest absolute Gasteiger partial charge is 0.216 e. The number of hydrogen-bond donors (Lipinski definition) is 2. The average molecular weight is 245 g/mol. The second-order valence-corrected chi connectivity index (χ2v) is 4.66. The molecular weight excluding hydrogens is 228 g/mol. The summed E-state index contributed by atoms with van der Waals surface area (Å²) in [6, 6.07) is -1.18. The Bertz CT molecular complexity index is 258. The number of thioether (sulfide) groups is 1. The molecule has 91 valence electrons. The number of hydrogen-bond acceptors (Lipinski definition) is 6. The van der Waals surface area contributed by atoms with Gasteiger partial charge < -0.3 is 11.5 Å². The van der Waals surface area contributed by atoms with Crippen molar-refractivity contribution in [3.05, 3.63) is 0 Å². The summed E-state index contributed by atoms with van der Waals surface area (Å²) in [5, 5.41) is -0.0990. The fraction of sp³-hybridized carbons (Fsp3) is 0.700. The molecule has 0 saturated carbocycles. The summed E-state index contributed by atoms with van der Waals surface area (Å²) in [5.74, 6) is -0.0358. The van der Waals surface area contributed by atoms with Crippen LogP contribution in [0.2, 0.25) is 0 Å². The Labute approximate surface area is 99.3 Å². The van der Waals surface area contributed by atoms with Gasteiger partial charge in [-0.15, -0.1) is 0 Å². The molecule has 0 amide bonds. The van der Waals surface area contributed by atoms with Crippen LogP contribution in [0.5, 0.6) is 0 Å². The van der Waals surface area contributed by atoms with Gasteiger partial charge in [0, 0.05) is 6.92 Å². The minimum Gasteiger partial charge on any atom is -0.321 e. The lowest BCUT2D eigenvalue weighted by Crippen LogP contribution is -2.32. The molecule has 0 aromatic carbocycles. The molecule has 0 spiro atoms. The molecule has 0 aliphatic heterocycles. The third-order valence-corrected chi connectivity index (χ3v) is 2.85. The number of rotatable bonds is 8. The maximum absolute atomic E-state index is 11.4. The molecule has 0 aliphatic rings. The van der Waals surface area contributed by atoms with Gasteiger partial charge in [-0.25, -0.2) is 0 Å². The molecule has 0 saturated heterocycles. The highest BCUT2D eigenvalue weighted by molar-refractivity contribution is 8.14. The van der Waals surface area contributed by atoms with E-state index in [-0.39, 0.29) is 16.7 Å². The summed E-state index contributed by atoms with van der Waals surface area (Å²) in [7, 11) is 0. The van der Waals surface area contributed by atoms with E-state index >= 15 is 0 Å². The summed E-state index contributed by atoms with van der Waals surface area (Å²) >= 11 is 0.956. The predicted octanol–water partition coefficient (Wildman–Crippen LogP) is -0.230. The standard InChI is InChI=1S/C10H17N2O3S/c1-7(14)16-6-10(15)9(12)4-2-3-8(11)5-13/h8-9H,2-4,6,11-12H2,1H3/t8?,9-/m0/s1. The van der Waals surface area contributed by atoms with Gasteiger partial charge in [-0.3, -0.25) is 14.4 Å². The second kappa shape index (κ2) is 8.43. The largest absolute Gasteiger partial charge is 0.321 e. The van der Waals surface area contributed by atoms with Gasteiger partial charge in [-0.2, -0.15) is 0 Å². The van der Waals surface area contributed by atoms with Crippen LogP contribution in [0.25, 0.3) is 0 Å². The van der Waals surface area contributed by atoms with E-state index in [4.69, 9.17) is 11.5 Å². The van der Waals surface area contributed by atoms with Crippen molar-refractivity contribution in [3.63, 3.8) is 0 Å². The van der Waals surface area contributed by atoms with Crippen LogP contribution in [-0.2, 0) is 14.4 Å². The first kappa shape index (κ1) is 15.3. The van der Waals surface area contributed by atoms with E-state index in [9.17, 15) is 14.4 Å². The van der Waals surface area contributed by atoms with Crippen molar-refractivity contribution in [2.45, 2.75) is 38.3 Å². The lowest BCUT2D eigenvalue weighted by atomic mass is 10.0. The first-order valence-corrected chi connectivity index (χ1v) is 6.00. The number of ketones is 1. The van der Waals surface area contributed by atoms with Gasteiger partial charge in [0.15, 0.2) is 10.9 Å². The topological polar surface area (TPSA) is 103 Å². The Hall–Kier alpha value is -0.720. The van der Waals surface area contributed by atoms with Gasteiger partial charge >= 0.3 is 0 Å². The molecule has 0 aromatic heterocycles. The molecule has 1 unspecified atom stereocenters. The van der Waals surface area contributed by atoms with Crippen molar-refractivity contribution in [2.24, 2.45) is 11.5 Å². The SMILES string of the molecule is CC(=O)SCC(=O)[C@@H](N)CCCC(N)[C]=O. The van der Waals surface area contributed by atoms with Crippen LogP contribution in [-0.4, -0.2) is 35.0 Å². The fourth-order valence-electron chi connectivity index (χ4n) is 1.06. The van der Waals surface area contributed by atoms with E-state index < -0.39 is 12.1 Å². The zero-order valence-electron chi connectivity index (χ0n) is 9.27. The van der Waals surface area contributed by atoms with E-state index in [1.165, 1.54) is 6.92 Å². The van der Waals surface area contributed by atoms with Gasteiger partial charge in [-0.05, 0) is 19.3 Å². The molecule has 5 nitrogen and oxygen atoms in total. The number of Topliss-reactive ketones (excluding diaryl/α,β-unsaturated/α-hetero) is 1. The van der Waals surface area contributed by atoms with E-state index in [0.29, 0.717) is 19.3 Å².